The predicted octanol–water partition coefficient (Wildman–Crippen LogP) is 2.00. The van der Waals surface area contributed by atoms with Crippen molar-refractivity contribution in [2.45, 2.75) is 33.6 Å². The zero-order valence-corrected chi connectivity index (χ0v) is 10.2. The van der Waals surface area contributed by atoms with Crippen molar-refractivity contribution >= 4 is 11.8 Å². The number of methoxy groups -OCH3 is 1. The van der Waals surface area contributed by atoms with Gasteiger partial charge in [-0.05, 0) is 23.8 Å². The number of carbonyl (C=O) groups excluding carboxylic acids is 2. The summed E-state index contributed by atoms with van der Waals surface area (Å²) in [4.78, 5) is 22.8. The monoisotopic (exact) mass is 226 g/mol. The van der Waals surface area contributed by atoms with Gasteiger partial charge in [-0.1, -0.05) is 13.8 Å². The fourth-order valence-electron chi connectivity index (χ4n) is 2.27. The third-order valence-electron chi connectivity index (χ3n) is 3.32. The van der Waals surface area contributed by atoms with E-state index in [9.17, 15) is 14.7 Å². The minimum absolute atomic E-state index is 0.141. The molecule has 0 saturated heterocycles. The number of hydrogen-bond donors (Lipinski definition) is 1. The average molecular weight is 226 g/mol. The fourth-order valence-corrected chi connectivity index (χ4v) is 2.27. The molecule has 4 heteroatoms. The summed E-state index contributed by atoms with van der Waals surface area (Å²) in [7, 11) is 1.34. The molecule has 0 aliphatic heterocycles. The fraction of sp³-hybridized carbons (Fsp3) is 0.667. The summed E-state index contributed by atoms with van der Waals surface area (Å²) in [5.74, 6) is -0.894. The number of Topliss-reactive ketones (excluding diaryl/α,β-unsaturated/α-hetero) is 1. The van der Waals surface area contributed by atoms with Crippen LogP contribution in [0.4, 0.5) is 0 Å². The Labute approximate surface area is 95.3 Å². The van der Waals surface area contributed by atoms with Gasteiger partial charge in [0.05, 0.1) is 13.5 Å². The molecule has 0 aromatic rings. The minimum atomic E-state index is -0.320. The number of aliphatic hydroxyl groups excluding tert-OH is 1. The van der Waals surface area contributed by atoms with Gasteiger partial charge < -0.3 is 9.84 Å². The molecule has 1 N–H and O–H groups in total. The number of hydrogen-bond acceptors (Lipinski definition) is 4. The smallest absolute Gasteiger partial charge is 0.306 e. The highest BCUT2D eigenvalue weighted by atomic mass is 16.5. The number of ketones is 1. The molecule has 0 unspecified atom stereocenters. The molecule has 0 fully saturated rings. The van der Waals surface area contributed by atoms with Gasteiger partial charge in [0.2, 0.25) is 0 Å². The van der Waals surface area contributed by atoms with Gasteiger partial charge in [-0.15, -0.1) is 0 Å². The molecule has 0 aromatic carbocycles. The van der Waals surface area contributed by atoms with Crippen molar-refractivity contribution in [1.82, 2.24) is 0 Å². The van der Waals surface area contributed by atoms with Crippen molar-refractivity contribution in [3.63, 3.8) is 0 Å². The summed E-state index contributed by atoms with van der Waals surface area (Å²) < 4.78 is 4.63. The van der Waals surface area contributed by atoms with E-state index in [1.807, 2.05) is 13.8 Å². The molecule has 0 amide bonds. The Kier molecular flexibility index (Phi) is 3.41. The molecule has 90 valence electrons. The number of allylic oxidation sites excluding steroid dienone is 2. The highest BCUT2D eigenvalue weighted by Gasteiger charge is 2.41. The van der Waals surface area contributed by atoms with Crippen LogP contribution in [0.2, 0.25) is 0 Å². The van der Waals surface area contributed by atoms with E-state index in [0.29, 0.717) is 5.57 Å². The molecule has 0 aromatic heterocycles. The molecule has 0 bridgehead atoms. The van der Waals surface area contributed by atoms with Gasteiger partial charge in [-0.3, -0.25) is 9.59 Å². The first-order valence-corrected chi connectivity index (χ1v) is 5.29. The Bertz CT molecular complexity index is 352. The Morgan fingerprint density at radius 3 is 2.62 bits per heavy atom. The summed E-state index contributed by atoms with van der Waals surface area (Å²) in [6.07, 6.45) is 0.463. The lowest BCUT2D eigenvalue weighted by atomic mass is 9.66. The molecule has 4 nitrogen and oxygen atoms in total. The van der Waals surface area contributed by atoms with Gasteiger partial charge in [0, 0.05) is 6.42 Å². The SMILES string of the molecule is COC(=O)C[C@@H]1C(C)=C(O)C(=O)CC1(C)C. The first-order chi connectivity index (χ1) is 7.29. The molecule has 16 heavy (non-hydrogen) atoms. The predicted molar refractivity (Wildman–Crippen MR) is 58.9 cm³/mol. The molecule has 0 spiro atoms. The largest absolute Gasteiger partial charge is 0.504 e. The van der Waals surface area contributed by atoms with Gasteiger partial charge in [-0.2, -0.15) is 0 Å². The van der Waals surface area contributed by atoms with E-state index >= 15 is 0 Å². The van der Waals surface area contributed by atoms with Crippen LogP contribution >= 0.6 is 0 Å². The van der Waals surface area contributed by atoms with E-state index in [1.54, 1.807) is 6.92 Å². The Balaban J connectivity index is 3.03. The quantitative estimate of drug-likeness (QED) is 0.731. The van der Waals surface area contributed by atoms with Crippen LogP contribution in [0.1, 0.15) is 33.6 Å². The maximum atomic E-state index is 11.5. The molecule has 0 saturated carbocycles. The van der Waals surface area contributed by atoms with E-state index in [0.717, 1.165) is 0 Å². The highest BCUT2D eigenvalue weighted by molar-refractivity contribution is 5.95. The van der Waals surface area contributed by atoms with E-state index in [-0.39, 0.29) is 41.7 Å². The zero-order valence-electron chi connectivity index (χ0n) is 10.2. The summed E-state index contributed by atoms with van der Waals surface area (Å²) >= 11 is 0. The maximum absolute atomic E-state index is 11.5. The molecule has 0 radical (unpaired) electrons. The van der Waals surface area contributed by atoms with Crippen LogP contribution in [0, 0.1) is 11.3 Å². The summed E-state index contributed by atoms with van der Waals surface area (Å²) in [5, 5.41) is 9.61. The lowest BCUT2D eigenvalue weighted by molar-refractivity contribution is -0.143. The summed E-state index contributed by atoms with van der Waals surface area (Å²) in [6, 6.07) is 0. The number of rotatable bonds is 2. The van der Waals surface area contributed by atoms with Crippen LogP contribution < -0.4 is 0 Å². The summed E-state index contributed by atoms with van der Waals surface area (Å²) in [6.45, 7) is 5.55. The average Bonchev–Trinajstić information content (AvgIpc) is 2.20. The number of carbonyl (C=O) groups is 2. The number of ether oxygens (including phenoxy) is 1. The summed E-state index contributed by atoms with van der Waals surface area (Å²) in [5.41, 5.74) is 0.272. The second-order valence-electron chi connectivity index (χ2n) is 4.95. The molecule has 1 rings (SSSR count). The van der Waals surface area contributed by atoms with E-state index in [2.05, 4.69) is 4.74 Å². The van der Waals surface area contributed by atoms with Crippen molar-refractivity contribution in [3.8, 4) is 0 Å². The Morgan fingerprint density at radius 2 is 2.12 bits per heavy atom. The molecule has 1 aliphatic rings. The Morgan fingerprint density at radius 1 is 1.56 bits per heavy atom. The van der Waals surface area contributed by atoms with Crippen LogP contribution in [0.5, 0.6) is 0 Å². The van der Waals surface area contributed by atoms with Crippen LogP contribution in [-0.4, -0.2) is 24.0 Å². The lowest BCUT2D eigenvalue weighted by Gasteiger charge is -2.37. The lowest BCUT2D eigenvalue weighted by Crippen LogP contribution is -2.35. The van der Waals surface area contributed by atoms with Gasteiger partial charge >= 0.3 is 5.97 Å². The van der Waals surface area contributed by atoms with Crippen LogP contribution in [0.3, 0.4) is 0 Å². The molecule has 1 aliphatic carbocycles. The minimum Gasteiger partial charge on any atom is -0.504 e. The van der Waals surface area contributed by atoms with Crippen LogP contribution in [0.25, 0.3) is 0 Å². The van der Waals surface area contributed by atoms with Crippen molar-refractivity contribution in [1.29, 1.82) is 0 Å². The Hall–Kier alpha value is -1.32. The number of aliphatic hydroxyl groups is 1. The highest BCUT2D eigenvalue weighted by Crippen LogP contribution is 2.43. The third-order valence-corrected chi connectivity index (χ3v) is 3.32. The normalized spacial score (nSPS) is 24.5. The zero-order chi connectivity index (χ0) is 12.5. The van der Waals surface area contributed by atoms with Crippen molar-refractivity contribution in [2.75, 3.05) is 7.11 Å². The van der Waals surface area contributed by atoms with Crippen molar-refractivity contribution < 1.29 is 19.4 Å². The first kappa shape index (κ1) is 12.7. The number of esters is 1. The van der Waals surface area contributed by atoms with E-state index in [1.165, 1.54) is 7.11 Å². The third kappa shape index (κ3) is 2.26. The molecular weight excluding hydrogens is 208 g/mol. The topological polar surface area (TPSA) is 63.6 Å². The van der Waals surface area contributed by atoms with E-state index in [4.69, 9.17) is 0 Å². The van der Waals surface area contributed by atoms with Gasteiger partial charge in [0.15, 0.2) is 11.5 Å². The van der Waals surface area contributed by atoms with Crippen molar-refractivity contribution in [3.05, 3.63) is 11.3 Å². The maximum Gasteiger partial charge on any atom is 0.306 e. The van der Waals surface area contributed by atoms with Crippen LogP contribution in [-0.2, 0) is 14.3 Å². The van der Waals surface area contributed by atoms with Crippen molar-refractivity contribution in [2.24, 2.45) is 11.3 Å². The van der Waals surface area contributed by atoms with Gasteiger partial charge in [0.1, 0.15) is 0 Å². The van der Waals surface area contributed by atoms with Gasteiger partial charge in [-0.25, -0.2) is 0 Å². The van der Waals surface area contributed by atoms with Gasteiger partial charge in [0.25, 0.3) is 0 Å². The molecular formula is C12H18O4. The van der Waals surface area contributed by atoms with E-state index < -0.39 is 0 Å². The first-order valence-electron chi connectivity index (χ1n) is 5.29. The second-order valence-corrected chi connectivity index (χ2v) is 4.95. The second kappa shape index (κ2) is 4.28. The van der Waals surface area contributed by atoms with Crippen LogP contribution in [0.15, 0.2) is 11.3 Å². The standard InChI is InChI=1S/C12H18O4/c1-7-8(5-10(14)16-4)12(2,3)6-9(13)11(7)15/h8,15H,5-6H2,1-4H3/t8-/m1/s1. The molecule has 1 atom stereocenters. The molecule has 0 heterocycles.